The summed E-state index contributed by atoms with van der Waals surface area (Å²) in [4.78, 5) is 32.4. The van der Waals surface area contributed by atoms with E-state index in [0.717, 1.165) is 0 Å². The molecule has 0 spiro atoms. The Hall–Kier alpha value is -3.20. The minimum absolute atomic E-state index is 0.0123. The summed E-state index contributed by atoms with van der Waals surface area (Å²) < 4.78 is 15.3. The van der Waals surface area contributed by atoms with Gasteiger partial charge in [-0.2, -0.15) is 4.98 Å². The van der Waals surface area contributed by atoms with Gasteiger partial charge in [-0.15, -0.1) is 0 Å². The second kappa shape index (κ2) is 8.00. The first-order chi connectivity index (χ1) is 13.0. The number of benzene rings is 1. The van der Waals surface area contributed by atoms with Crippen molar-refractivity contribution in [3.8, 4) is 5.75 Å². The number of aromatic amines is 1. The monoisotopic (exact) mass is 372 g/mol. The van der Waals surface area contributed by atoms with Crippen LogP contribution in [0.1, 0.15) is 35.0 Å². The number of hydrogen-bond acceptors (Lipinski definition) is 7. The van der Waals surface area contributed by atoms with E-state index in [4.69, 9.17) is 14.0 Å². The highest BCUT2D eigenvalue weighted by Crippen LogP contribution is 2.17. The second-order valence-corrected chi connectivity index (χ2v) is 5.93. The van der Waals surface area contributed by atoms with E-state index >= 15 is 0 Å². The molecule has 0 aliphatic heterocycles. The molecule has 0 aliphatic carbocycles. The Kier molecular flexibility index (Phi) is 5.51. The molecule has 0 saturated heterocycles. The van der Waals surface area contributed by atoms with Crippen LogP contribution in [0.3, 0.4) is 0 Å². The Morgan fingerprint density at radius 1 is 1.37 bits per heavy atom. The molecule has 1 aromatic carbocycles. The largest absolute Gasteiger partial charge is 0.497 e. The summed E-state index contributed by atoms with van der Waals surface area (Å²) in [5, 5.41) is 6.90. The van der Waals surface area contributed by atoms with Gasteiger partial charge in [0, 0.05) is 30.6 Å². The number of amides is 1. The zero-order valence-corrected chi connectivity index (χ0v) is 15.2. The van der Waals surface area contributed by atoms with Gasteiger partial charge in [-0.1, -0.05) is 5.16 Å². The number of methoxy groups -OCH3 is 2. The van der Waals surface area contributed by atoms with Gasteiger partial charge < -0.3 is 24.3 Å². The lowest BCUT2D eigenvalue weighted by Gasteiger charge is -2.10. The van der Waals surface area contributed by atoms with Gasteiger partial charge in [0.15, 0.2) is 5.82 Å². The molecule has 1 amide bonds. The number of rotatable bonds is 7. The van der Waals surface area contributed by atoms with Crippen molar-refractivity contribution >= 4 is 16.8 Å². The summed E-state index contributed by atoms with van der Waals surface area (Å²) >= 11 is 0. The van der Waals surface area contributed by atoms with Gasteiger partial charge in [0.1, 0.15) is 17.4 Å². The van der Waals surface area contributed by atoms with Gasteiger partial charge in [0.2, 0.25) is 11.3 Å². The van der Waals surface area contributed by atoms with E-state index in [0.29, 0.717) is 35.5 Å². The Morgan fingerprint density at radius 3 is 2.93 bits per heavy atom. The number of H-pyrrole nitrogens is 1. The number of carbonyl (C=O) groups excluding carboxylic acids is 1. The first kappa shape index (κ1) is 18.6. The van der Waals surface area contributed by atoms with Crippen molar-refractivity contribution in [2.75, 3.05) is 20.8 Å². The van der Waals surface area contributed by atoms with E-state index in [1.807, 2.05) is 0 Å². The van der Waals surface area contributed by atoms with E-state index in [9.17, 15) is 9.59 Å². The number of ether oxygens (including phenoxy) is 2. The van der Waals surface area contributed by atoms with Crippen LogP contribution in [0.4, 0.5) is 0 Å². The van der Waals surface area contributed by atoms with E-state index in [2.05, 4.69) is 20.4 Å². The van der Waals surface area contributed by atoms with Crippen LogP contribution in [0.15, 0.2) is 33.7 Å². The number of pyridine rings is 1. The Bertz CT molecular complexity index is 1010. The van der Waals surface area contributed by atoms with E-state index in [1.165, 1.54) is 13.3 Å². The minimum atomic E-state index is -0.554. The van der Waals surface area contributed by atoms with Crippen LogP contribution in [-0.4, -0.2) is 41.9 Å². The van der Waals surface area contributed by atoms with Gasteiger partial charge in [-0.3, -0.25) is 9.59 Å². The van der Waals surface area contributed by atoms with E-state index in [-0.39, 0.29) is 11.5 Å². The average molecular weight is 372 g/mol. The number of aromatic nitrogens is 3. The second-order valence-electron chi connectivity index (χ2n) is 5.93. The number of fused-ring (bicyclic) bond motifs is 1. The quantitative estimate of drug-likeness (QED) is 0.646. The van der Waals surface area contributed by atoms with Gasteiger partial charge in [-0.25, -0.2) is 0 Å². The average Bonchev–Trinajstić information content (AvgIpc) is 3.15. The third-order valence-corrected chi connectivity index (χ3v) is 4.06. The fourth-order valence-corrected chi connectivity index (χ4v) is 2.57. The topological polar surface area (TPSA) is 119 Å². The van der Waals surface area contributed by atoms with Crippen LogP contribution < -0.4 is 15.5 Å². The van der Waals surface area contributed by atoms with Crippen molar-refractivity contribution in [3.63, 3.8) is 0 Å². The molecule has 1 atom stereocenters. The molecule has 3 rings (SSSR count). The molecule has 0 unspecified atom stereocenters. The fraction of sp³-hybridized carbons (Fsp3) is 0.333. The van der Waals surface area contributed by atoms with Gasteiger partial charge >= 0.3 is 0 Å². The molecule has 0 radical (unpaired) electrons. The van der Waals surface area contributed by atoms with Gasteiger partial charge in [-0.05, 0) is 25.1 Å². The molecule has 142 valence electrons. The van der Waals surface area contributed by atoms with Crippen molar-refractivity contribution in [1.82, 2.24) is 20.4 Å². The number of nitrogens with one attached hydrogen (secondary N) is 2. The van der Waals surface area contributed by atoms with Crippen LogP contribution in [-0.2, 0) is 11.2 Å². The normalized spacial score (nSPS) is 12.1. The zero-order valence-electron chi connectivity index (χ0n) is 15.2. The maximum Gasteiger partial charge on any atom is 0.257 e. The molecule has 2 heterocycles. The maximum atomic E-state index is 12.7. The first-order valence-corrected chi connectivity index (χ1v) is 8.35. The molecule has 0 saturated carbocycles. The molecule has 0 bridgehead atoms. The standard InChI is InChI=1S/C18H20N4O5/c1-10(18-21-15(22-27-18)6-7-25-2)20-17(24)13-9-19-14-5-4-11(26-3)8-12(14)16(13)23/h4-5,8-10H,6-7H2,1-3H3,(H,19,23)(H,20,24)/t10-/m1/s1. The van der Waals surface area contributed by atoms with Gasteiger partial charge in [0.25, 0.3) is 5.91 Å². The Balaban J connectivity index is 1.80. The molecule has 2 aromatic heterocycles. The smallest absolute Gasteiger partial charge is 0.257 e. The highest BCUT2D eigenvalue weighted by Gasteiger charge is 2.20. The van der Waals surface area contributed by atoms with Crippen LogP contribution in [0.5, 0.6) is 5.75 Å². The Labute approximate surface area is 154 Å². The third-order valence-electron chi connectivity index (χ3n) is 4.06. The summed E-state index contributed by atoms with van der Waals surface area (Å²) in [5.41, 5.74) is 0.213. The predicted octanol–water partition coefficient (Wildman–Crippen LogP) is 1.60. The highest BCUT2D eigenvalue weighted by molar-refractivity contribution is 5.97. The van der Waals surface area contributed by atoms with E-state index in [1.54, 1.807) is 32.2 Å². The highest BCUT2D eigenvalue weighted by atomic mass is 16.5. The molecule has 27 heavy (non-hydrogen) atoms. The Morgan fingerprint density at radius 2 is 2.19 bits per heavy atom. The number of carbonyl (C=O) groups is 1. The molecule has 9 nitrogen and oxygen atoms in total. The molecule has 0 aliphatic rings. The van der Waals surface area contributed by atoms with Crippen LogP contribution >= 0.6 is 0 Å². The number of nitrogens with zero attached hydrogens (tertiary/aromatic N) is 2. The van der Waals surface area contributed by atoms with Crippen molar-refractivity contribution in [2.24, 2.45) is 0 Å². The lowest BCUT2D eigenvalue weighted by molar-refractivity contribution is 0.0931. The molecular weight excluding hydrogens is 352 g/mol. The summed E-state index contributed by atoms with van der Waals surface area (Å²) in [6.07, 6.45) is 1.89. The van der Waals surface area contributed by atoms with Crippen LogP contribution in [0, 0.1) is 0 Å². The maximum absolute atomic E-state index is 12.7. The lowest BCUT2D eigenvalue weighted by Crippen LogP contribution is -2.31. The zero-order chi connectivity index (χ0) is 19.4. The summed E-state index contributed by atoms with van der Waals surface area (Å²) in [7, 11) is 3.10. The summed E-state index contributed by atoms with van der Waals surface area (Å²) in [6, 6.07) is 4.49. The molecule has 9 heteroatoms. The number of hydrogen-bond donors (Lipinski definition) is 2. The van der Waals surface area contributed by atoms with Gasteiger partial charge in [0.05, 0.1) is 13.7 Å². The molecule has 3 aromatic rings. The van der Waals surface area contributed by atoms with Crippen LogP contribution in [0.25, 0.3) is 10.9 Å². The molecular formula is C18H20N4O5. The minimum Gasteiger partial charge on any atom is -0.497 e. The molecule has 0 fully saturated rings. The fourth-order valence-electron chi connectivity index (χ4n) is 2.57. The first-order valence-electron chi connectivity index (χ1n) is 8.35. The lowest BCUT2D eigenvalue weighted by atomic mass is 10.1. The third kappa shape index (κ3) is 3.98. The van der Waals surface area contributed by atoms with E-state index < -0.39 is 17.4 Å². The van der Waals surface area contributed by atoms with Crippen molar-refractivity contribution < 1.29 is 18.8 Å². The summed E-state index contributed by atoms with van der Waals surface area (Å²) in [6.45, 7) is 2.17. The van der Waals surface area contributed by atoms with Crippen molar-refractivity contribution in [1.29, 1.82) is 0 Å². The molecule has 2 N–H and O–H groups in total. The predicted molar refractivity (Wildman–Crippen MR) is 96.9 cm³/mol. The van der Waals surface area contributed by atoms with Crippen LogP contribution in [0.2, 0.25) is 0 Å². The summed E-state index contributed by atoms with van der Waals surface area (Å²) in [5.74, 6) is 0.746. The SMILES string of the molecule is COCCc1noc([C@@H](C)NC(=O)c2c[nH]c3ccc(OC)cc3c2=O)n1. The van der Waals surface area contributed by atoms with Crippen molar-refractivity contribution in [3.05, 3.63) is 51.9 Å². The van der Waals surface area contributed by atoms with Crippen molar-refractivity contribution in [2.45, 2.75) is 19.4 Å².